The molecular formula is C27H33NO6. The molecule has 7 heteroatoms. The molecule has 7 nitrogen and oxygen atoms in total. The first kappa shape index (κ1) is 25.3. The summed E-state index contributed by atoms with van der Waals surface area (Å²) in [6.07, 6.45) is -1.18. The highest BCUT2D eigenvalue weighted by Crippen LogP contribution is 2.27. The van der Waals surface area contributed by atoms with Gasteiger partial charge in [0.1, 0.15) is 23.3 Å². The van der Waals surface area contributed by atoms with Gasteiger partial charge in [0.25, 0.3) is 0 Å². The minimum absolute atomic E-state index is 0.0446. The average Bonchev–Trinajstić information content (AvgIpc) is 3.16. The van der Waals surface area contributed by atoms with Crippen LogP contribution < -0.4 is 0 Å². The number of hydrogen-bond donors (Lipinski definition) is 0. The number of esters is 2. The number of carbonyl (C=O) groups is 3. The molecule has 34 heavy (non-hydrogen) atoms. The third kappa shape index (κ3) is 6.83. The fourth-order valence-corrected chi connectivity index (χ4v) is 3.67. The van der Waals surface area contributed by atoms with E-state index in [0.29, 0.717) is 5.56 Å². The van der Waals surface area contributed by atoms with Crippen molar-refractivity contribution in [2.24, 2.45) is 0 Å². The largest absolute Gasteiger partial charge is 0.458 e. The number of carbonyl (C=O) groups excluding carboxylic acids is 3. The van der Waals surface area contributed by atoms with Gasteiger partial charge < -0.3 is 14.2 Å². The Morgan fingerprint density at radius 1 is 0.824 bits per heavy atom. The van der Waals surface area contributed by atoms with Crippen LogP contribution in [-0.4, -0.2) is 52.8 Å². The van der Waals surface area contributed by atoms with Gasteiger partial charge in [-0.2, -0.15) is 0 Å². The van der Waals surface area contributed by atoms with Crippen LogP contribution >= 0.6 is 0 Å². The number of nitrogens with zero attached hydrogens (tertiary/aromatic N) is 1. The predicted octanol–water partition coefficient (Wildman–Crippen LogP) is 5.23. The Hall–Kier alpha value is -3.35. The first-order chi connectivity index (χ1) is 15.8. The molecule has 3 rings (SSSR count). The summed E-state index contributed by atoms with van der Waals surface area (Å²) < 4.78 is 16.7. The topological polar surface area (TPSA) is 82.1 Å². The molecule has 1 heterocycles. The minimum atomic E-state index is -0.900. The maximum atomic E-state index is 12.9. The fraction of sp³-hybridized carbons (Fsp3) is 0.444. The Bertz CT molecular complexity index is 999. The summed E-state index contributed by atoms with van der Waals surface area (Å²) in [6, 6.07) is 16.0. The lowest BCUT2D eigenvalue weighted by Crippen LogP contribution is -2.45. The van der Waals surface area contributed by atoms with E-state index < -0.39 is 41.4 Å². The van der Waals surface area contributed by atoms with Crippen LogP contribution in [0.5, 0.6) is 0 Å². The highest BCUT2D eigenvalue weighted by Gasteiger charge is 2.45. The zero-order chi connectivity index (χ0) is 25.1. The maximum absolute atomic E-state index is 12.9. The second kappa shape index (κ2) is 9.87. The van der Waals surface area contributed by atoms with Gasteiger partial charge in [-0.25, -0.2) is 14.4 Å². The van der Waals surface area contributed by atoms with E-state index in [9.17, 15) is 14.4 Å². The third-order valence-electron chi connectivity index (χ3n) is 5.05. The number of hydrogen-bond acceptors (Lipinski definition) is 6. The van der Waals surface area contributed by atoms with Crippen molar-refractivity contribution in [2.75, 3.05) is 6.54 Å². The SMILES string of the molecule is CC(C)(C)OC(=O)[C@@H]1C[C@H](OC(=O)c2cccc(-c3ccccc3)c2)CN1C(=O)OC(C)(C)C. The molecule has 1 aliphatic rings. The Kier molecular flexibility index (Phi) is 7.34. The van der Waals surface area contributed by atoms with Crippen molar-refractivity contribution in [2.45, 2.75) is 71.3 Å². The molecule has 182 valence electrons. The van der Waals surface area contributed by atoms with E-state index >= 15 is 0 Å². The summed E-state index contributed by atoms with van der Waals surface area (Å²) >= 11 is 0. The number of likely N-dealkylation sites (tertiary alicyclic amines) is 1. The average molecular weight is 468 g/mol. The van der Waals surface area contributed by atoms with Gasteiger partial charge in [-0.3, -0.25) is 4.90 Å². The standard InChI is InChI=1S/C27H33NO6/c1-26(2,3)33-24(30)22-16-21(17-28(22)25(31)34-27(4,5)6)32-23(29)20-14-10-13-19(15-20)18-11-8-7-9-12-18/h7-15,21-22H,16-17H2,1-6H3/t21-,22-/m0/s1. The van der Waals surface area contributed by atoms with Crippen molar-refractivity contribution in [3.63, 3.8) is 0 Å². The molecule has 0 spiro atoms. The van der Waals surface area contributed by atoms with Gasteiger partial charge in [0, 0.05) is 6.42 Å². The van der Waals surface area contributed by atoms with Crippen LogP contribution in [0.3, 0.4) is 0 Å². The lowest BCUT2D eigenvalue weighted by Gasteiger charge is -2.29. The van der Waals surface area contributed by atoms with Crippen molar-refractivity contribution >= 4 is 18.0 Å². The first-order valence-electron chi connectivity index (χ1n) is 11.4. The molecule has 2 aromatic rings. The van der Waals surface area contributed by atoms with Gasteiger partial charge >= 0.3 is 18.0 Å². The van der Waals surface area contributed by atoms with Crippen molar-refractivity contribution in [3.8, 4) is 11.1 Å². The number of benzene rings is 2. The van der Waals surface area contributed by atoms with Crippen LogP contribution in [0.1, 0.15) is 58.3 Å². The van der Waals surface area contributed by atoms with Crippen LogP contribution in [0.2, 0.25) is 0 Å². The molecule has 2 aromatic carbocycles. The second-order valence-corrected chi connectivity index (χ2v) is 10.4. The molecule has 0 aliphatic carbocycles. The van der Waals surface area contributed by atoms with E-state index in [0.717, 1.165) is 11.1 Å². The van der Waals surface area contributed by atoms with Crippen LogP contribution in [0.15, 0.2) is 54.6 Å². The van der Waals surface area contributed by atoms with Crippen molar-refractivity contribution in [3.05, 3.63) is 60.2 Å². The van der Waals surface area contributed by atoms with Gasteiger partial charge in [0.15, 0.2) is 0 Å². The summed E-state index contributed by atoms with van der Waals surface area (Å²) in [5.41, 5.74) is 0.819. The normalized spacial score (nSPS) is 18.4. The van der Waals surface area contributed by atoms with E-state index in [1.165, 1.54) is 4.90 Å². The minimum Gasteiger partial charge on any atom is -0.458 e. The van der Waals surface area contributed by atoms with Crippen molar-refractivity contribution in [1.29, 1.82) is 0 Å². The zero-order valence-electron chi connectivity index (χ0n) is 20.7. The van der Waals surface area contributed by atoms with Gasteiger partial charge in [0.05, 0.1) is 12.1 Å². The van der Waals surface area contributed by atoms with Crippen LogP contribution in [0.25, 0.3) is 11.1 Å². The van der Waals surface area contributed by atoms with E-state index in [1.54, 1.807) is 59.7 Å². The molecule has 0 bridgehead atoms. The van der Waals surface area contributed by atoms with E-state index in [2.05, 4.69) is 0 Å². The first-order valence-corrected chi connectivity index (χ1v) is 11.4. The van der Waals surface area contributed by atoms with Crippen LogP contribution in [0, 0.1) is 0 Å². The predicted molar refractivity (Wildman–Crippen MR) is 128 cm³/mol. The lowest BCUT2D eigenvalue weighted by atomic mass is 10.0. The van der Waals surface area contributed by atoms with E-state index in [-0.39, 0.29) is 13.0 Å². The summed E-state index contributed by atoms with van der Waals surface area (Å²) in [7, 11) is 0. The third-order valence-corrected chi connectivity index (χ3v) is 5.05. The molecule has 1 saturated heterocycles. The quantitative estimate of drug-likeness (QED) is 0.452. The summed E-state index contributed by atoms with van der Waals surface area (Å²) in [6.45, 7) is 10.6. The fourth-order valence-electron chi connectivity index (χ4n) is 3.67. The van der Waals surface area contributed by atoms with Gasteiger partial charge in [-0.1, -0.05) is 42.5 Å². The van der Waals surface area contributed by atoms with Crippen molar-refractivity contribution < 1.29 is 28.6 Å². The summed E-state index contributed by atoms with van der Waals surface area (Å²) in [4.78, 5) is 39.8. The molecule has 1 amide bonds. The Morgan fingerprint density at radius 3 is 2.06 bits per heavy atom. The monoisotopic (exact) mass is 467 g/mol. The summed E-state index contributed by atoms with van der Waals surface area (Å²) in [5, 5.41) is 0. The molecular weight excluding hydrogens is 434 g/mol. The second-order valence-electron chi connectivity index (χ2n) is 10.4. The molecule has 0 aromatic heterocycles. The molecule has 0 saturated carbocycles. The highest BCUT2D eigenvalue weighted by molar-refractivity contribution is 5.91. The Labute approximate surface area is 201 Å². The van der Waals surface area contributed by atoms with E-state index in [1.807, 2.05) is 36.4 Å². The van der Waals surface area contributed by atoms with Gasteiger partial charge in [-0.05, 0) is 64.8 Å². The lowest BCUT2D eigenvalue weighted by molar-refractivity contribution is -0.160. The smallest absolute Gasteiger partial charge is 0.411 e. The van der Waals surface area contributed by atoms with Crippen LogP contribution in [-0.2, 0) is 19.0 Å². The zero-order valence-corrected chi connectivity index (χ0v) is 20.7. The van der Waals surface area contributed by atoms with Crippen LogP contribution in [0.4, 0.5) is 4.79 Å². The molecule has 0 N–H and O–H groups in total. The highest BCUT2D eigenvalue weighted by atomic mass is 16.6. The number of amides is 1. The molecule has 1 aliphatic heterocycles. The number of rotatable bonds is 4. The Balaban J connectivity index is 1.76. The summed E-state index contributed by atoms with van der Waals surface area (Å²) in [5.74, 6) is -1.07. The molecule has 0 unspecified atom stereocenters. The van der Waals surface area contributed by atoms with E-state index in [4.69, 9.17) is 14.2 Å². The Morgan fingerprint density at radius 2 is 1.44 bits per heavy atom. The number of ether oxygens (including phenoxy) is 3. The molecule has 2 atom stereocenters. The van der Waals surface area contributed by atoms with Gasteiger partial charge in [-0.15, -0.1) is 0 Å². The molecule has 1 fully saturated rings. The van der Waals surface area contributed by atoms with Crippen molar-refractivity contribution in [1.82, 2.24) is 4.90 Å². The van der Waals surface area contributed by atoms with Gasteiger partial charge in [0.2, 0.25) is 0 Å². The maximum Gasteiger partial charge on any atom is 0.411 e. The molecule has 0 radical (unpaired) electrons.